The monoisotopic (exact) mass is 398 g/mol. The summed E-state index contributed by atoms with van der Waals surface area (Å²) in [6, 6.07) is 6.36. The first-order valence-electron chi connectivity index (χ1n) is 7.67. The van der Waals surface area contributed by atoms with Gasteiger partial charge in [0, 0.05) is 38.6 Å². The molecule has 0 aromatic carbocycles. The molecule has 2 rings (SSSR count). The summed E-state index contributed by atoms with van der Waals surface area (Å²) >= 11 is 11.2. The Morgan fingerprint density at radius 2 is 1.19 bits per heavy atom. The average molecular weight is 399 g/mol. The molecule has 0 unspecified atom stereocenters. The Morgan fingerprint density at radius 1 is 0.808 bits per heavy atom. The highest BCUT2D eigenvalue weighted by Gasteiger charge is 2.05. The quantitative estimate of drug-likeness (QED) is 0.569. The summed E-state index contributed by atoms with van der Waals surface area (Å²) in [7, 11) is 0. The van der Waals surface area contributed by atoms with E-state index in [4.69, 9.17) is 34.7 Å². The Labute approximate surface area is 161 Å². The van der Waals surface area contributed by atoms with E-state index in [1.807, 2.05) is 0 Å². The highest BCUT2D eigenvalue weighted by Crippen LogP contribution is 2.06. The lowest BCUT2D eigenvalue weighted by atomic mass is 10.3. The van der Waals surface area contributed by atoms with E-state index in [1.54, 1.807) is 24.3 Å². The molecule has 2 amide bonds. The lowest BCUT2D eigenvalue weighted by molar-refractivity contribution is 0.0942. The normalized spacial score (nSPS) is 9.69. The van der Waals surface area contributed by atoms with E-state index >= 15 is 0 Å². The van der Waals surface area contributed by atoms with E-state index in [2.05, 4.69) is 20.6 Å². The molecule has 0 aliphatic rings. The van der Waals surface area contributed by atoms with Gasteiger partial charge in [-0.2, -0.15) is 0 Å². The number of hydrogen-bond acceptors (Lipinski definition) is 6. The van der Waals surface area contributed by atoms with Crippen molar-refractivity contribution in [3.63, 3.8) is 0 Å². The molecule has 0 spiro atoms. The van der Waals surface area contributed by atoms with Crippen molar-refractivity contribution in [3.8, 4) is 0 Å². The van der Waals surface area contributed by atoms with Crippen LogP contribution in [0.25, 0.3) is 0 Å². The van der Waals surface area contributed by atoms with Crippen LogP contribution in [0.5, 0.6) is 0 Å². The van der Waals surface area contributed by atoms with Crippen LogP contribution in [-0.2, 0) is 0 Å². The maximum Gasteiger partial charge on any atom is 0.269 e. The Bertz CT molecular complexity index is 633. The molecule has 0 saturated heterocycles. The van der Waals surface area contributed by atoms with Gasteiger partial charge in [0.2, 0.25) is 0 Å². The highest BCUT2D eigenvalue weighted by molar-refractivity contribution is 6.30. The number of carbonyl (C=O) groups excluding carboxylic acids is 2. The van der Waals surface area contributed by atoms with E-state index in [0.717, 1.165) is 0 Å². The average Bonchev–Trinajstić information content (AvgIpc) is 2.66. The SMILES string of the molecule is NCCNC(=O)c1ccc(Cl)cn1.NCCNC(=O)c1ccc(Cl)cn1. The zero-order chi connectivity index (χ0) is 19.4. The van der Waals surface area contributed by atoms with Gasteiger partial charge in [-0.1, -0.05) is 23.2 Å². The van der Waals surface area contributed by atoms with Gasteiger partial charge in [0.1, 0.15) is 11.4 Å². The molecule has 0 radical (unpaired) electrons. The molecule has 2 heterocycles. The minimum absolute atomic E-state index is 0.234. The number of nitrogens with one attached hydrogen (secondary N) is 2. The van der Waals surface area contributed by atoms with Crippen molar-refractivity contribution in [2.75, 3.05) is 26.2 Å². The molecule has 2 aromatic heterocycles. The van der Waals surface area contributed by atoms with Gasteiger partial charge in [-0.05, 0) is 24.3 Å². The summed E-state index contributed by atoms with van der Waals surface area (Å²) in [5.74, 6) is -0.468. The van der Waals surface area contributed by atoms with Gasteiger partial charge < -0.3 is 22.1 Å². The molecule has 0 fully saturated rings. The van der Waals surface area contributed by atoms with E-state index in [1.165, 1.54) is 12.4 Å². The Balaban J connectivity index is 0.000000260. The zero-order valence-electron chi connectivity index (χ0n) is 13.9. The molecule has 0 aliphatic heterocycles. The summed E-state index contributed by atoms with van der Waals surface area (Å²) in [6.07, 6.45) is 2.86. The molecule has 6 N–H and O–H groups in total. The third-order valence-corrected chi connectivity index (χ3v) is 3.23. The highest BCUT2D eigenvalue weighted by atomic mass is 35.5. The molecule has 26 heavy (non-hydrogen) atoms. The van der Waals surface area contributed by atoms with Gasteiger partial charge in [0.25, 0.3) is 11.8 Å². The fraction of sp³-hybridized carbons (Fsp3) is 0.250. The van der Waals surface area contributed by atoms with Crippen molar-refractivity contribution in [3.05, 3.63) is 58.1 Å². The molecule has 2 aromatic rings. The predicted molar refractivity (Wildman–Crippen MR) is 101 cm³/mol. The lowest BCUT2D eigenvalue weighted by Crippen LogP contribution is -2.29. The molecular weight excluding hydrogens is 379 g/mol. The molecular formula is C16H20Cl2N6O2. The first kappa shape index (κ1) is 21.8. The third-order valence-electron chi connectivity index (χ3n) is 2.78. The lowest BCUT2D eigenvalue weighted by Gasteiger charge is -2.01. The van der Waals surface area contributed by atoms with Crippen molar-refractivity contribution >= 4 is 35.0 Å². The summed E-state index contributed by atoms with van der Waals surface area (Å²) in [5.41, 5.74) is 11.1. The second kappa shape index (κ2) is 12.2. The topological polar surface area (TPSA) is 136 Å². The number of carbonyl (C=O) groups is 2. The number of pyridine rings is 2. The molecule has 10 heteroatoms. The Morgan fingerprint density at radius 3 is 1.46 bits per heavy atom. The Hall–Kier alpha value is -2.26. The first-order chi connectivity index (χ1) is 12.5. The minimum atomic E-state index is -0.234. The minimum Gasteiger partial charge on any atom is -0.349 e. The van der Waals surface area contributed by atoms with E-state index in [9.17, 15) is 9.59 Å². The van der Waals surface area contributed by atoms with Crippen LogP contribution in [0.4, 0.5) is 0 Å². The van der Waals surface area contributed by atoms with Crippen LogP contribution >= 0.6 is 23.2 Å². The van der Waals surface area contributed by atoms with Crippen LogP contribution in [0.1, 0.15) is 21.0 Å². The van der Waals surface area contributed by atoms with Crippen molar-refractivity contribution < 1.29 is 9.59 Å². The van der Waals surface area contributed by atoms with Crippen LogP contribution < -0.4 is 22.1 Å². The second-order valence-corrected chi connectivity index (χ2v) is 5.69. The maximum absolute atomic E-state index is 11.2. The largest absolute Gasteiger partial charge is 0.349 e. The number of halogens is 2. The Kier molecular flexibility index (Phi) is 10.2. The second-order valence-electron chi connectivity index (χ2n) is 4.81. The number of aromatic nitrogens is 2. The van der Waals surface area contributed by atoms with Crippen molar-refractivity contribution in [2.24, 2.45) is 11.5 Å². The van der Waals surface area contributed by atoms with Gasteiger partial charge >= 0.3 is 0 Å². The fourth-order valence-electron chi connectivity index (χ4n) is 1.57. The van der Waals surface area contributed by atoms with E-state index in [-0.39, 0.29) is 11.8 Å². The molecule has 0 aliphatic carbocycles. The molecule has 0 bridgehead atoms. The smallest absolute Gasteiger partial charge is 0.269 e. The summed E-state index contributed by atoms with van der Waals surface area (Å²) < 4.78 is 0. The van der Waals surface area contributed by atoms with Gasteiger partial charge in [-0.3, -0.25) is 9.59 Å². The summed E-state index contributed by atoms with van der Waals surface area (Å²) in [4.78, 5) is 30.2. The van der Waals surface area contributed by atoms with Crippen molar-refractivity contribution in [1.82, 2.24) is 20.6 Å². The molecule has 8 nitrogen and oxygen atoms in total. The van der Waals surface area contributed by atoms with Crippen LogP contribution in [-0.4, -0.2) is 48.0 Å². The number of nitrogens with two attached hydrogens (primary N) is 2. The van der Waals surface area contributed by atoms with Crippen LogP contribution in [0.3, 0.4) is 0 Å². The zero-order valence-corrected chi connectivity index (χ0v) is 15.4. The van der Waals surface area contributed by atoms with Gasteiger partial charge in [0.05, 0.1) is 10.0 Å². The van der Waals surface area contributed by atoms with Gasteiger partial charge in [-0.15, -0.1) is 0 Å². The van der Waals surface area contributed by atoms with E-state index < -0.39 is 0 Å². The summed E-state index contributed by atoms with van der Waals surface area (Å²) in [6.45, 7) is 1.73. The van der Waals surface area contributed by atoms with Crippen LogP contribution in [0.15, 0.2) is 36.7 Å². The fourth-order valence-corrected chi connectivity index (χ4v) is 1.80. The van der Waals surface area contributed by atoms with Crippen molar-refractivity contribution in [1.29, 1.82) is 0 Å². The third kappa shape index (κ3) is 8.21. The number of rotatable bonds is 6. The maximum atomic E-state index is 11.2. The van der Waals surface area contributed by atoms with Crippen molar-refractivity contribution in [2.45, 2.75) is 0 Å². The standard InChI is InChI=1S/2C8H10ClN3O/c2*9-6-1-2-7(12-5-6)8(13)11-4-3-10/h2*1-2,5H,3-4,10H2,(H,11,13). The number of nitrogens with zero attached hydrogens (tertiary/aromatic N) is 2. The number of hydrogen-bond donors (Lipinski definition) is 4. The molecule has 0 saturated carbocycles. The summed E-state index contributed by atoms with van der Waals surface area (Å²) in [5, 5.41) is 6.22. The first-order valence-corrected chi connectivity index (χ1v) is 8.43. The van der Waals surface area contributed by atoms with Gasteiger partial charge in [0.15, 0.2) is 0 Å². The molecule has 140 valence electrons. The van der Waals surface area contributed by atoms with E-state index in [0.29, 0.717) is 47.6 Å². The number of amides is 2. The molecule has 0 atom stereocenters. The van der Waals surface area contributed by atoms with Crippen LogP contribution in [0, 0.1) is 0 Å². The predicted octanol–water partition coefficient (Wildman–Crippen LogP) is 0.847. The van der Waals surface area contributed by atoms with Gasteiger partial charge in [-0.25, -0.2) is 9.97 Å². The van der Waals surface area contributed by atoms with Crippen LogP contribution in [0.2, 0.25) is 10.0 Å².